The lowest BCUT2D eigenvalue weighted by molar-refractivity contribution is -0.116. The van der Waals surface area contributed by atoms with Gasteiger partial charge in [0.2, 0.25) is 5.91 Å². The van der Waals surface area contributed by atoms with Crippen molar-refractivity contribution in [2.75, 3.05) is 42.9 Å². The number of nitrogens with zero attached hydrogens (tertiary/aromatic N) is 4. The molecule has 0 unspecified atom stereocenters. The van der Waals surface area contributed by atoms with Crippen molar-refractivity contribution in [3.8, 4) is 0 Å². The van der Waals surface area contributed by atoms with Crippen LogP contribution in [0.5, 0.6) is 0 Å². The van der Waals surface area contributed by atoms with Crippen LogP contribution >= 0.6 is 0 Å². The minimum atomic E-state index is -0.193. The van der Waals surface area contributed by atoms with E-state index in [-0.39, 0.29) is 18.1 Å². The van der Waals surface area contributed by atoms with E-state index in [1.54, 1.807) is 9.13 Å². The molecule has 0 spiro atoms. The molecule has 1 amide bonds. The summed E-state index contributed by atoms with van der Waals surface area (Å²) in [5.74, 6) is -0.193. The van der Waals surface area contributed by atoms with Gasteiger partial charge in [-0.3, -0.25) is 13.9 Å². The topological polar surface area (TPSA) is 62.5 Å². The minimum absolute atomic E-state index is 0.00594. The number of likely N-dealkylation sites (N-methyl/N-ethyl adjacent to an activating group) is 1. The van der Waals surface area contributed by atoms with Crippen molar-refractivity contribution in [3.63, 3.8) is 0 Å². The molecule has 1 saturated heterocycles. The van der Waals surface area contributed by atoms with Crippen LogP contribution in [0.25, 0.3) is 11.0 Å². The van der Waals surface area contributed by atoms with E-state index in [0.717, 1.165) is 61.6 Å². The van der Waals surface area contributed by atoms with Gasteiger partial charge in [-0.1, -0.05) is 38.1 Å². The van der Waals surface area contributed by atoms with Crippen LogP contribution in [0.2, 0.25) is 0 Å². The van der Waals surface area contributed by atoms with Gasteiger partial charge in [0.15, 0.2) is 0 Å². The van der Waals surface area contributed by atoms with Gasteiger partial charge in [0.1, 0.15) is 6.54 Å². The molecule has 1 fully saturated rings. The summed E-state index contributed by atoms with van der Waals surface area (Å²) in [5, 5.41) is 3.05. The molecule has 2 aromatic carbocycles. The SMILES string of the molecule is CCCn1c(=O)n(CC(=O)Nc2ccccc2N2CCN(CC)CC2)c2ccccc21. The first-order valence-electron chi connectivity index (χ1n) is 11.2. The Balaban J connectivity index is 1.55. The molecule has 7 heteroatoms. The van der Waals surface area contributed by atoms with Gasteiger partial charge in [-0.15, -0.1) is 0 Å². The number of aromatic nitrogens is 2. The highest BCUT2D eigenvalue weighted by Gasteiger charge is 2.20. The van der Waals surface area contributed by atoms with Crippen LogP contribution in [0.15, 0.2) is 53.3 Å². The molecule has 0 atom stereocenters. The van der Waals surface area contributed by atoms with Crippen LogP contribution < -0.4 is 15.9 Å². The fraction of sp³-hybridized carbons (Fsp3) is 0.417. The molecule has 1 aliphatic heterocycles. The maximum Gasteiger partial charge on any atom is 0.329 e. The van der Waals surface area contributed by atoms with Gasteiger partial charge in [-0.25, -0.2) is 4.79 Å². The highest BCUT2D eigenvalue weighted by atomic mass is 16.2. The third-order valence-corrected chi connectivity index (χ3v) is 6.01. The third kappa shape index (κ3) is 4.37. The van der Waals surface area contributed by atoms with Gasteiger partial charge in [0, 0.05) is 32.7 Å². The fourth-order valence-corrected chi connectivity index (χ4v) is 4.36. The van der Waals surface area contributed by atoms with Crippen molar-refractivity contribution in [1.29, 1.82) is 0 Å². The highest BCUT2D eigenvalue weighted by molar-refractivity contribution is 5.95. The van der Waals surface area contributed by atoms with Crippen LogP contribution in [-0.2, 0) is 17.9 Å². The Morgan fingerprint density at radius 1 is 0.903 bits per heavy atom. The third-order valence-electron chi connectivity index (χ3n) is 6.01. The molecule has 1 aliphatic rings. The van der Waals surface area contributed by atoms with E-state index in [9.17, 15) is 9.59 Å². The summed E-state index contributed by atoms with van der Waals surface area (Å²) in [6, 6.07) is 15.6. The van der Waals surface area contributed by atoms with E-state index in [0.29, 0.717) is 6.54 Å². The van der Waals surface area contributed by atoms with E-state index in [1.165, 1.54) is 0 Å². The van der Waals surface area contributed by atoms with Crippen LogP contribution in [0.4, 0.5) is 11.4 Å². The first-order valence-corrected chi connectivity index (χ1v) is 11.2. The van der Waals surface area contributed by atoms with E-state index in [2.05, 4.69) is 28.1 Å². The van der Waals surface area contributed by atoms with Gasteiger partial charge in [0.25, 0.3) is 0 Å². The largest absolute Gasteiger partial charge is 0.367 e. The molecule has 2 heterocycles. The van der Waals surface area contributed by atoms with Crippen LogP contribution in [-0.4, -0.2) is 52.7 Å². The second kappa shape index (κ2) is 9.39. The van der Waals surface area contributed by atoms with Gasteiger partial charge >= 0.3 is 5.69 Å². The maximum absolute atomic E-state index is 13.0. The molecular weight excluding hydrogens is 390 g/mol. The van der Waals surface area contributed by atoms with Gasteiger partial charge in [-0.2, -0.15) is 0 Å². The van der Waals surface area contributed by atoms with Crippen molar-refractivity contribution >= 4 is 28.3 Å². The molecular formula is C24H31N5O2. The summed E-state index contributed by atoms with van der Waals surface area (Å²) < 4.78 is 3.33. The number of carbonyl (C=O) groups excluding carboxylic acids is 1. The van der Waals surface area contributed by atoms with E-state index < -0.39 is 0 Å². The number of amides is 1. The molecule has 0 bridgehead atoms. The Kier molecular flexibility index (Phi) is 6.42. The summed E-state index contributed by atoms with van der Waals surface area (Å²) in [7, 11) is 0. The summed E-state index contributed by atoms with van der Waals surface area (Å²) in [6.45, 7) is 9.83. The predicted molar refractivity (Wildman–Crippen MR) is 126 cm³/mol. The number of benzene rings is 2. The number of anilines is 2. The highest BCUT2D eigenvalue weighted by Crippen LogP contribution is 2.26. The lowest BCUT2D eigenvalue weighted by Gasteiger charge is -2.36. The number of nitrogens with one attached hydrogen (secondary N) is 1. The Morgan fingerprint density at radius 2 is 1.55 bits per heavy atom. The summed E-state index contributed by atoms with van der Waals surface area (Å²) in [5.41, 5.74) is 3.36. The van der Waals surface area contributed by atoms with Gasteiger partial charge in [-0.05, 0) is 37.2 Å². The maximum atomic E-state index is 13.0. The number of piperazine rings is 1. The predicted octanol–water partition coefficient (Wildman–Crippen LogP) is 2.99. The van der Waals surface area contributed by atoms with Crippen molar-refractivity contribution in [1.82, 2.24) is 14.0 Å². The number of para-hydroxylation sites is 4. The molecule has 4 rings (SSSR count). The number of rotatable bonds is 7. The Labute approximate surface area is 182 Å². The van der Waals surface area contributed by atoms with Crippen molar-refractivity contribution in [3.05, 3.63) is 59.0 Å². The normalized spacial score (nSPS) is 14.8. The molecule has 7 nitrogen and oxygen atoms in total. The molecule has 3 aromatic rings. The van der Waals surface area contributed by atoms with Crippen molar-refractivity contribution in [2.45, 2.75) is 33.4 Å². The zero-order chi connectivity index (χ0) is 21.8. The molecule has 31 heavy (non-hydrogen) atoms. The fourth-order valence-electron chi connectivity index (χ4n) is 4.36. The molecule has 0 aliphatic carbocycles. The van der Waals surface area contributed by atoms with E-state index in [1.807, 2.05) is 49.4 Å². The lowest BCUT2D eigenvalue weighted by Crippen LogP contribution is -2.46. The zero-order valence-corrected chi connectivity index (χ0v) is 18.4. The van der Waals surface area contributed by atoms with Crippen LogP contribution in [0.3, 0.4) is 0 Å². The number of hydrogen-bond acceptors (Lipinski definition) is 4. The van der Waals surface area contributed by atoms with Crippen LogP contribution in [0.1, 0.15) is 20.3 Å². The average molecular weight is 422 g/mol. The summed E-state index contributed by atoms with van der Waals surface area (Å²) in [4.78, 5) is 30.7. The smallest absolute Gasteiger partial charge is 0.329 e. The first-order chi connectivity index (χ1) is 15.1. The number of aryl methyl sites for hydroxylation is 1. The van der Waals surface area contributed by atoms with Crippen LogP contribution in [0, 0.1) is 0 Å². The standard InChI is InChI=1S/C24H31N5O2/c1-3-13-28-21-11-7-8-12-22(21)29(24(28)31)18-23(30)25-19-9-5-6-10-20(19)27-16-14-26(4-2)15-17-27/h5-12H,3-4,13-18H2,1-2H3,(H,25,30). The number of hydrogen-bond donors (Lipinski definition) is 1. The zero-order valence-electron chi connectivity index (χ0n) is 18.4. The molecule has 1 aromatic heterocycles. The number of fused-ring (bicyclic) bond motifs is 1. The Hall–Kier alpha value is -3.06. The number of carbonyl (C=O) groups is 1. The molecule has 0 saturated carbocycles. The second-order valence-electron chi connectivity index (χ2n) is 8.00. The van der Waals surface area contributed by atoms with Crippen molar-refractivity contribution in [2.24, 2.45) is 0 Å². The number of imidazole rings is 1. The van der Waals surface area contributed by atoms with E-state index in [4.69, 9.17) is 0 Å². The van der Waals surface area contributed by atoms with E-state index >= 15 is 0 Å². The quantitative estimate of drug-likeness (QED) is 0.637. The second-order valence-corrected chi connectivity index (χ2v) is 8.00. The average Bonchev–Trinajstić information content (AvgIpc) is 3.06. The molecule has 164 valence electrons. The molecule has 1 N–H and O–H groups in total. The Bertz CT molecular complexity index is 1110. The summed E-state index contributed by atoms with van der Waals surface area (Å²) in [6.07, 6.45) is 0.860. The minimum Gasteiger partial charge on any atom is -0.367 e. The first kappa shape index (κ1) is 21.2. The van der Waals surface area contributed by atoms with Gasteiger partial charge in [0.05, 0.1) is 22.4 Å². The molecule has 0 radical (unpaired) electrons. The monoisotopic (exact) mass is 421 g/mol. The van der Waals surface area contributed by atoms with Gasteiger partial charge < -0.3 is 15.1 Å². The Morgan fingerprint density at radius 3 is 2.23 bits per heavy atom. The lowest BCUT2D eigenvalue weighted by atomic mass is 10.2. The van der Waals surface area contributed by atoms with Crippen molar-refractivity contribution < 1.29 is 4.79 Å². The summed E-state index contributed by atoms with van der Waals surface area (Å²) >= 11 is 0.